The number of oxazole rings is 1. The van der Waals surface area contributed by atoms with Crippen LogP contribution in [0.5, 0.6) is 0 Å². The number of anilines is 2. The summed E-state index contributed by atoms with van der Waals surface area (Å²) in [6.45, 7) is 1.75. The Bertz CT molecular complexity index is 1010. The number of nitrogens with zero attached hydrogens (tertiary/aromatic N) is 1. The molecule has 0 atom stereocenters. The van der Waals surface area contributed by atoms with Gasteiger partial charge in [-0.15, -0.1) is 0 Å². The van der Waals surface area contributed by atoms with Crippen LogP contribution >= 0.6 is 0 Å². The predicted octanol–water partition coefficient (Wildman–Crippen LogP) is 2.76. The second kappa shape index (κ2) is 5.97. The Morgan fingerprint density at radius 3 is 2.42 bits per heavy atom. The number of fused-ring (bicyclic) bond motifs is 1. The van der Waals surface area contributed by atoms with Crippen molar-refractivity contribution in [2.24, 2.45) is 0 Å². The van der Waals surface area contributed by atoms with Gasteiger partial charge < -0.3 is 9.73 Å². The van der Waals surface area contributed by atoms with Crippen molar-refractivity contribution in [2.75, 3.05) is 16.3 Å². The number of amides is 1. The Morgan fingerprint density at radius 1 is 1.08 bits per heavy atom. The smallest absolute Gasteiger partial charge is 0.255 e. The van der Waals surface area contributed by atoms with Crippen molar-refractivity contribution in [1.29, 1.82) is 0 Å². The molecule has 0 aliphatic heterocycles. The van der Waals surface area contributed by atoms with Gasteiger partial charge in [-0.3, -0.25) is 9.52 Å². The molecule has 0 unspecified atom stereocenters. The molecule has 24 heavy (non-hydrogen) atoms. The minimum atomic E-state index is -3.34. The molecule has 3 rings (SSSR count). The van der Waals surface area contributed by atoms with Crippen molar-refractivity contribution < 1.29 is 17.6 Å². The van der Waals surface area contributed by atoms with Crippen LogP contribution in [0.4, 0.5) is 11.4 Å². The topological polar surface area (TPSA) is 101 Å². The first-order chi connectivity index (χ1) is 11.3. The minimum absolute atomic E-state index is 0.305. The van der Waals surface area contributed by atoms with Crippen molar-refractivity contribution in [3.63, 3.8) is 0 Å². The van der Waals surface area contributed by atoms with Gasteiger partial charge in [0.1, 0.15) is 5.52 Å². The second-order valence-corrected chi connectivity index (χ2v) is 7.07. The van der Waals surface area contributed by atoms with Gasteiger partial charge in [-0.25, -0.2) is 13.4 Å². The van der Waals surface area contributed by atoms with Crippen molar-refractivity contribution in [1.82, 2.24) is 4.98 Å². The van der Waals surface area contributed by atoms with E-state index in [1.165, 1.54) is 12.1 Å². The van der Waals surface area contributed by atoms with Crippen molar-refractivity contribution >= 4 is 38.4 Å². The highest BCUT2D eigenvalue weighted by atomic mass is 32.2. The van der Waals surface area contributed by atoms with E-state index < -0.39 is 10.0 Å². The highest BCUT2D eigenvalue weighted by Crippen LogP contribution is 2.20. The number of rotatable bonds is 4. The number of carbonyl (C=O) groups excluding carboxylic acids is 1. The molecule has 0 saturated carbocycles. The third-order valence-corrected chi connectivity index (χ3v) is 3.81. The summed E-state index contributed by atoms with van der Waals surface area (Å²) in [7, 11) is -3.34. The van der Waals surface area contributed by atoms with Crippen molar-refractivity contribution in [2.45, 2.75) is 6.92 Å². The highest BCUT2D eigenvalue weighted by molar-refractivity contribution is 7.92. The molecule has 0 fully saturated rings. The lowest BCUT2D eigenvalue weighted by Crippen LogP contribution is -2.13. The number of hydrogen-bond donors (Lipinski definition) is 2. The van der Waals surface area contributed by atoms with E-state index >= 15 is 0 Å². The highest BCUT2D eigenvalue weighted by Gasteiger charge is 2.09. The van der Waals surface area contributed by atoms with Crippen LogP contribution in [0, 0.1) is 6.92 Å². The second-order valence-electron chi connectivity index (χ2n) is 5.32. The quantitative estimate of drug-likeness (QED) is 0.757. The zero-order valence-corrected chi connectivity index (χ0v) is 13.8. The summed E-state index contributed by atoms with van der Waals surface area (Å²) in [4.78, 5) is 16.5. The summed E-state index contributed by atoms with van der Waals surface area (Å²) in [5.41, 5.74) is 2.72. The average molecular weight is 345 g/mol. The normalized spacial score (nSPS) is 11.4. The van der Waals surface area contributed by atoms with Gasteiger partial charge in [-0.2, -0.15) is 0 Å². The third kappa shape index (κ3) is 3.72. The fourth-order valence-corrected chi connectivity index (χ4v) is 2.79. The van der Waals surface area contributed by atoms with E-state index in [-0.39, 0.29) is 5.91 Å². The van der Waals surface area contributed by atoms with E-state index in [0.29, 0.717) is 33.9 Å². The van der Waals surface area contributed by atoms with E-state index in [1.54, 1.807) is 37.3 Å². The monoisotopic (exact) mass is 345 g/mol. The average Bonchev–Trinajstić information content (AvgIpc) is 2.85. The van der Waals surface area contributed by atoms with Crippen LogP contribution in [0.15, 0.2) is 46.9 Å². The molecule has 7 nitrogen and oxygen atoms in total. The maximum atomic E-state index is 12.3. The number of sulfonamides is 1. The first kappa shape index (κ1) is 16.0. The van der Waals surface area contributed by atoms with Gasteiger partial charge in [0.05, 0.1) is 6.26 Å². The van der Waals surface area contributed by atoms with Gasteiger partial charge in [0.25, 0.3) is 5.91 Å². The number of benzene rings is 2. The fraction of sp³-hybridized carbons (Fsp3) is 0.125. The van der Waals surface area contributed by atoms with Gasteiger partial charge in [0.15, 0.2) is 11.5 Å². The van der Waals surface area contributed by atoms with Crippen LogP contribution in [-0.2, 0) is 10.0 Å². The van der Waals surface area contributed by atoms with Crippen molar-refractivity contribution in [3.05, 3.63) is 53.9 Å². The molecule has 0 spiro atoms. The largest absolute Gasteiger partial charge is 0.441 e. The van der Waals surface area contributed by atoms with Gasteiger partial charge in [0, 0.05) is 23.9 Å². The third-order valence-electron chi connectivity index (χ3n) is 3.20. The fourth-order valence-electron chi connectivity index (χ4n) is 2.23. The molecule has 0 radical (unpaired) electrons. The molecule has 0 aliphatic rings. The lowest BCUT2D eigenvalue weighted by molar-refractivity contribution is 0.102. The summed E-state index contributed by atoms with van der Waals surface area (Å²) in [6.07, 6.45) is 1.06. The Balaban J connectivity index is 1.75. The molecular weight excluding hydrogens is 330 g/mol. The van der Waals surface area contributed by atoms with Gasteiger partial charge >= 0.3 is 0 Å². The van der Waals surface area contributed by atoms with Crippen LogP contribution in [0.25, 0.3) is 11.1 Å². The van der Waals surface area contributed by atoms with Crippen LogP contribution in [0.1, 0.15) is 16.2 Å². The van der Waals surface area contributed by atoms with E-state index in [0.717, 1.165) is 6.26 Å². The molecule has 8 heteroatoms. The molecule has 2 N–H and O–H groups in total. The molecule has 124 valence electrons. The first-order valence-electron chi connectivity index (χ1n) is 7.06. The SMILES string of the molecule is Cc1nc2cc(NC(=O)c3ccc(NS(C)(=O)=O)cc3)ccc2o1. The number of hydrogen-bond acceptors (Lipinski definition) is 5. The summed E-state index contributed by atoms with van der Waals surface area (Å²) in [5, 5.41) is 2.77. The van der Waals surface area contributed by atoms with Gasteiger partial charge in [-0.1, -0.05) is 0 Å². The summed E-state index contributed by atoms with van der Waals surface area (Å²) >= 11 is 0. The predicted molar refractivity (Wildman–Crippen MR) is 91.6 cm³/mol. The van der Waals surface area contributed by atoms with E-state index in [9.17, 15) is 13.2 Å². The van der Waals surface area contributed by atoms with Gasteiger partial charge in [0.2, 0.25) is 10.0 Å². The standard InChI is InChI=1S/C16H15N3O4S/c1-10-17-14-9-13(7-8-15(14)23-10)18-16(20)11-3-5-12(6-4-11)19-24(2,21)22/h3-9,19H,1-2H3,(H,18,20). The molecule has 3 aromatic rings. The zero-order valence-electron chi connectivity index (χ0n) is 13.0. The molecule has 1 amide bonds. The summed E-state index contributed by atoms with van der Waals surface area (Å²) in [5.74, 6) is 0.253. The Labute approximate surface area is 138 Å². The molecule has 2 aromatic carbocycles. The molecule has 0 aliphatic carbocycles. The maximum absolute atomic E-state index is 12.3. The lowest BCUT2D eigenvalue weighted by atomic mass is 10.2. The van der Waals surface area contributed by atoms with Crippen LogP contribution < -0.4 is 10.0 Å². The van der Waals surface area contributed by atoms with Crippen LogP contribution in [0.2, 0.25) is 0 Å². The van der Waals surface area contributed by atoms with Crippen LogP contribution in [-0.4, -0.2) is 25.6 Å². The van der Waals surface area contributed by atoms with E-state index in [4.69, 9.17) is 4.42 Å². The van der Waals surface area contributed by atoms with Gasteiger partial charge in [-0.05, 0) is 42.5 Å². The minimum Gasteiger partial charge on any atom is -0.441 e. The Morgan fingerprint density at radius 2 is 1.75 bits per heavy atom. The Hall–Kier alpha value is -2.87. The summed E-state index contributed by atoms with van der Waals surface area (Å²) in [6, 6.07) is 11.3. The molecule has 1 heterocycles. The lowest BCUT2D eigenvalue weighted by Gasteiger charge is -2.07. The van der Waals surface area contributed by atoms with Crippen molar-refractivity contribution in [3.8, 4) is 0 Å². The molecule has 0 saturated heterocycles. The summed E-state index contributed by atoms with van der Waals surface area (Å²) < 4.78 is 30.1. The zero-order chi connectivity index (χ0) is 17.3. The number of aryl methyl sites for hydroxylation is 1. The number of carbonyl (C=O) groups is 1. The molecular formula is C16H15N3O4S. The maximum Gasteiger partial charge on any atom is 0.255 e. The van der Waals surface area contributed by atoms with E-state index in [2.05, 4.69) is 15.0 Å². The number of nitrogens with one attached hydrogen (secondary N) is 2. The Kier molecular flexibility index (Phi) is 3.98. The number of aromatic nitrogens is 1. The molecule has 0 bridgehead atoms. The first-order valence-corrected chi connectivity index (χ1v) is 8.96. The molecule has 1 aromatic heterocycles. The van der Waals surface area contributed by atoms with Crippen LogP contribution in [0.3, 0.4) is 0 Å². The van der Waals surface area contributed by atoms with E-state index in [1.807, 2.05) is 0 Å².